The Morgan fingerprint density at radius 2 is 1.79 bits per heavy atom. The minimum Gasteiger partial charge on any atom is -0.493 e. The molecule has 0 bridgehead atoms. The van der Waals surface area contributed by atoms with Crippen LogP contribution < -0.4 is 14.2 Å². The van der Waals surface area contributed by atoms with E-state index in [1.165, 1.54) is 0 Å². The number of methoxy groups -OCH3 is 2. The third-order valence-corrected chi connectivity index (χ3v) is 1.99. The Bertz CT molecular complexity index is 308. The van der Waals surface area contributed by atoms with E-state index in [-0.39, 0.29) is 0 Å². The summed E-state index contributed by atoms with van der Waals surface area (Å²) < 4.78 is 15.9. The molecule has 0 N–H and O–H groups in total. The van der Waals surface area contributed by atoms with Crippen LogP contribution in [-0.4, -0.2) is 20.8 Å². The third kappa shape index (κ3) is 1.92. The average Bonchev–Trinajstić information content (AvgIpc) is 2.19. The number of benzene rings is 1. The SMILES string of the molecule is CCOc1c(OC)ccc(C)c1OC. The lowest BCUT2D eigenvalue weighted by atomic mass is 10.2. The van der Waals surface area contributed by atoms with E-state index in [4.69, 9.17) is 14.2 Å². The second-order valence-electron chi connectivity index (χ2n) is 2.88. The summed E-state index contributed by atoms with van der Waals surface area (Å²) in [6.45, 7) is 4.50. The third-order valence-electron chi connectivity index (χ3n) is 1.99. The largest absolute Gasteiger partial charge is 0.493 e. The quantitative estimate of drug-likeness (QED) is 0.740. The predicted molar refractivity (Wildman–Crippen MR) is 55.5 cm³/mol. The van der Waals surface area contributed by atoms with Gasteiger partial charge in [-0.25, -0.2) is 0 Å². The maximum atomic E-state index is 5.48. The van der Waals surface area contributed by atoms with Crippen molar-refractivity contribution in [3.8, 4) is 17.2 Å². The van der Waals surface area contributed by atoms with Crippen LogP contribution in [0.25, 0.3) is 0 Å². The van der Waals surface area contributed by atoms with Crippen LogP contribution in [0.15, 0.2) is 12.1 Å². The van der Waals surface area contributed by atoms with Gasteiger partial charge in [-0.1, -0.05) is 6.07 Å². The summed E-state index contributed by atoms with van der Waals surface area (Å²) in [6, 6.07) is 3.82. The fourth-order valence-electron chi connectivity index (χ4n) is 1.34. The maximum Gasteiger partial charge on any atom is 0.203 e. The van der Waals surface area contributed by atoms with Gasteiger partial charge in [-0.05, 0) is 25.5 Å². The van der Waals surface area contributed by atoms with Gasteiger partial charge in [-0.3, -0.25) is 0 Å². The predicted octanol–water partition coefficient (Wildman–Crippen LogP) is 2.41. The summed E-state index contributed by atoms with van der Waals surface area (Å²) in [5.41, 5.74) is 1.04. The first-order valence-electron chi connectivity index (χ1n) is 4.59. The lowest BCUT2D eigenvalue weighted by molar-refractivity contribution is 0.287. The second-order valence-corrected chi connectivity index (χ2v) is 2.88. The molecule has 3 heteroatoms. The number of hydrogen-bond acceptors (Lipinski definition) is 3. The van der Waals surface area contributed by atoms with Crippen LogP contribution in [0, 0.1) is 6.92 Å². The van der Waals surface area contributed by atoms with Gasteiger partial charge in [0.2, 0.25) is 5.75 Å². The molecule has 78 valence electrons. The zero-order valence-corrected chi connectivity index (χ0v) is 9.09. The van der Waals surface area contributed by atoms with E-state index in [2.05, 4.69) is 0 Å². The minimum atomic E-state index is 0.593. The lowest BCUT2D eigenvalue weighted by Crippen LogP contribution is -1.99. The molecule has 0 aliphatic rings. The second kappa shape index (κ2) is 4.74. The highest BCUT2D eigenvalue weighted by atomic mass is 16.5. The van der Waals surface area contributed by atoms with Crippen LogP contribution >= 0.6 is 0 Å². The number of aryl methyl sites for hydroxylation is 1. The van der Waals surface area contributed by atoms with Crippen molar-refractivity contribution >= 4 is 0 Å². The summed E-state index contributed by atoms with van der Waals surface area (Å²) in [6.07, 6.45) is 0. The molecule has 0 aliphatic heterocycles. The molecule has 0 fully saturated rings. The van der Waals surface area contributed by atoms with E-state index in [0.717, 1.165) is 11.3 Å². The smallest absolute Gasteiger partial charge is 0.203 e. The average molecular weight is 196 g/mol. The number of hydrogen-bond donors (Lipinski definition) is 0. The molecule has 1 rings (SSSR count). The molecule has 0 saturated heterocycles. The van der Waals surface area contributed by atoms with Crippen LogP contribution in [0.3, 0.4) is 0 Å². The normalized spacial score (nSPS) is 9.71. The van der Waals surface area contributed by atoms with Crippen LogP contribution in [0.4, 0.5) is 0 Å². The molecular weight excluding hydrogens is 180 g/mol. The van der Waals surface area contributed by atoms with Gasteiger partial charge in [0.1, 0.15) is 0 Å². The van der Waals surface area contributed by atoms with Gasteiger partial charge in [-0.15, -0.1) is 0 Å². The van der Waals surface area contributed by atoms with E-state index in [0.29, 0.717) is 18.1 Å². The molecule has 0 unspecified atom stereocenters. The summed E-state index contributed by atoms with van der Waals surface area (Å²) in [4.78, 5) is 0. The van der Waals surface area contributed by atoms with Crippen molar-refractivity contribution in [2.75, 3.05) is 20.8 Å². The first-order chi connectivity index (χ1) is 6.74. The standard InChI is InChI=1S/C11H16O3/c1-5-14-11-9(12-3)7-6-8(2)10(11)13-4/h6-7H,5H2,1-4H3. The molecule has 0 radical (unpaired) electrons. The van der Waals surface area contributed by atoms with Crippen molar-refractivity contribution in [1.82, 2.24) is 0 Å². The van der Waals surface area contributed by atoms with E-state index in [1.54, 1.807) is 14.2 Å². The van der Waals surface area contributed by atoms with Crippen LogP contribution in [0.5, 0.6) is 17.2 Å². The Balaban J connectivity index is 3.21. The van der Waals surface area contributed by atoms with Crippen LogP contribution in [0.1, 0.15) is 12.5 Å². The van der Waals surface area contributed by atoms with Crippen LogP contribution in [-0.2, 0) is 0 Å². The number of ether oxygens (including phenoxy) is 3. The van der Waals surface area contributed by atoms with E-state index >= 15 is 0 Å². The molecule has 0 aliphatic carbocycles. The van der Waals surface area contributed by atoms with Gasteiger partial charge < -0.3 is 14.2 Å². The van der Waals surface area contributed by atoms with E-state index in [9.17, 15) is 0 Å². The molecule has 1 aromatic rings. The molecule has 1 aromatic carbocycles. The van der Waals surface area contributed by atoms with Gasteiger partial charge in [0.05, 0.1) is 20.8 Å². The van der Waals surface area contributed by atoms with E-state index in [1.807, 2.05) is 26.0 Å². The lowest BCUT2D eigenvalue weighted by Gasteiger charge is -2.14. The summed E-state index contributed by atoms with van der Waals surface area (Å²) >= 11 is 0. The molecule has 3 nitrogen and oxygen atoms in total. The minimum absolute atomic E-state index is 0.593. The maximum absolute atomic E-state index is 5.48. The van der Waals surface area contributed by atoms with Crippen LogP contribution in [0.2, 0.25) is 0 Å². The molecule has 14 heavy (non-hydrogen) atoms. The Hall–Kier alpha value is -1.38. The molecule has 0 heterocycles. The monoisotopic (exact) mass is 196 g/mol. The summed E-state index contributed by atoms with van der Waals surface area (Å²) in [5, 5.41) is 0. The molecular formula is C11H16O3. The van der Waals surface area contributed by atoms with Gasteiger partial charge in [0.15, 0.2) is 11.5 Å². The molecule has 0 spiro atoms. The molecule has 0 saturated carbocycles. The first-order valence-corrected chi connectivity index (χ1v) is 4.59. The Labute approximate surface area is 84.6 Å². The fraction of sp³-hybridized carbons (Fsp3) is 0.455. The first kappa shape index (κ1) is 10.7. The molecule has 0 atom stereocenters. The topological polar surface area (TPSA) is 27.7 Å². The Kier molecular flexibility index (Phi) is 3.63. The zero-order chi connectivity index (χ0) is 10.6. The highest BCUT2D eigenvalue weighted by Crippen LogP contribution is 2.39. The van der Waals surface area contributed by atoms with Crippen molar-refractivity contribution in [3.05, 3.63) is 17.7 Å². The fourth-order valence-corrected chi connectivity index (χ4v) is 1.34. The summed E-state index contributed by atoms with van der Waals surface area (Å²) in [7, 11) is 3.25. The summed E-state index contributed by atoms with van der Waals surface area (Å²) in [5.74, 6) is 2.12. The highest BCUT2D eigenvalue weighted by Gasteiger charge is 2.13. The van der Waals surface area contributed by atoms with E-state index < -0.39 is 0 Å². The van der Waals surface area contributed by atoms with Gasteiger partial charge in [0, 0.05) is 0 Å². The van der Waals surface area contributed by atoms with Crippen molar-refractivity contribution < 1.29 is 14.2 Å². The van der Waals surface area contributed by atoms with Crippen molar-refractivity contribution in [2.45, 2.75) is 13.8 Å². The van der Waals surface area contributed by atoms with Gasteiger partial charge in [-0.2, -0.15) is 0 Å². The Morgan fingerprint density at radius 1 is 1.07 bits per heavy atom. The van der Waals surface area contributed by atoms with Crippen molar-refractivity contribution in [2.24, 2.45) is 0 Å². The van der Waals surface area contributed by atoms with Gasteiger partial charge >= 0.3 is 0 Å². The number of rotatable bonds is 4. The van der Waals surface area contributed by atoms with Gasteiger partial charge in [0.25, 0.3) is 0 Å². The van der Waals surface area contributed by atoms with Crippen molar-refractivity contribution in [3.63, 3.8) is 0 Å². The van der Waals surface area contributed by atoms with Crippen molar-refractivity contribution in [1.29, 1.82) is 0 Å². The highest BCUT2D eigenvalue weighted by molar-refractivity contribution is 5.55. The molecule has 0 aromatic heterocycles. The zero-order valence-electron chi connectivity index (χ0n) is 9.09. The Morgan fingerprint density at radius 3 is 2.29 bits per heavy atom. The molecule has 0 amide bonds.